The van der Waals surface area contributed by atoms with Gasteiger partial charge in [0.05, 0.1) is 26.1 Å². The molecule has 0 radical (unpaired) electrons. The summed E-state index contributed by atoms with van der Waals surface area (Å²) in [5.74, 6) is -2.77. The van der Waals surface area contributed by atoms with E-state index in [1.54, 1.807) is 6.08 Å². The van der Waals surface area contributed by atoms with Crippen LogP contribution < -0.4 is 0 Å². The normalized spacial score (nSPS) is 21.3. The van der Waals surface area contributed by atoms with Crippen LogP contribution in [0.2, 0.25) is 0 Å². The van der Waals surface area contributed by atoms with E-state index in [0.717, 1.165) is 12.8 Å². The quantitative estimate of drug-likeness (QED) is 0.533. The molecule has 0 bridgehead atoms. The topological polar surface area (TPSA) is 72.8 Å². The molecule has 0 aromatic carbocycles. The molecule has 0 aromatic heterocycles. The van der Waals surface area contributed by atoms with Gasteiger partial charge in [-0.15, -0.1) is 0 Å². The number of hydrogen-bond acceptors (Lipinski definition) is 5. The average molecular weight is 379 g/mol. The average Bonchev–Trinajstić information content (AvgIpc) is 2.58. The SMILES string of the molecule is COC(=O)C1C=C(O)C(C(C)(C)CC/C=C(\C)C(C)(C)C)=CC1C(=O)OC. The molecule has 5 heteroatoms. The van der Waals surface area contributed by atoms with Gasteiger partial charge in [-0.25, -0.2) is 0 Å². The highest BCUT2D eigenvalue weighted by molar-refractivity contribution is 5.86. The van der Waals surface area contributed by atoms with Crippen LogP contribution in [0.3, 0.4) is 0 Å². The minimum atomic E-state index is -0.884. The van der Waals surface area contributed by atoms with E-state index < -0.39 is 23.8 Å². The van der Waals surface area contributed by atoms with Crippen molar-refractivity contribution in [2.75, 3.05) is 14.2 Å². The van der Waals surface area contributed by atoms with E-state index in [1.807, 2.05) is 13.8 Å². The van der Waals surface area contributed by atoms with Gasteiger partial charge in [0.2, 0.25) is 0 Å². The number of hydrogen-bond donors (Lipinski definition) is 1. The fourth-order valence-electron chi connectivity index (χ4n) is 3.10. The monoisotopic (exact) mass is 378 g/mol. The summed E-state index contributed by atoms with van der Waals surface area (Å²) in [5, 5.41) is 10.5. The lowest BCUT2D eigenvalue weighted by molar-refractivity contribution is -0.153. The summed E-state index contributed by atoms with van der Waals surface area (Å²) < 4.78 is 9.62. The maximum absolute atomic E-state index is 12.2. The molecule has 27 heavy (non-hydrogen) atoms. The van der Waals surface area contributed by atoms with Crippen LogP contribution in [-0.4, -0.2) is 31.3 Å². The zero-order chi connectivity index (χ0) is 21.0. The van der Waals surface area contributed by atoms with Crippen LogP contribution >= 0.6 is 0 Å². The molecule has 0 aromatic rings. The molecule has 1 N–H and O–H groups in total. The van der Waals surface area contributed by atoms with Gasteiger partial charge in [0.1, 0.15) is 5.76 Å². The Morgan fingerprint density at radius 2 is 1.52 bits per heavy atom. The van der Waals surface area contributed by atoms with Crippen LogP contribution in [0.4, 0.5) is 0 Å². The smallest absolute Gasteiger partial charge is 0.313 e. The molecule has 0 fully saturated rings. The fraction of sp³-hybridized carbons (Fsp3) is 0.636. The first-order valence-electron chi connectivity index (χ1n) is 9.31. The third-order valence-corrected chi connectivity index (χ3v) is 5.43. The number of esters is 2. The van der Waals surface area contributed by atoms with Crippen LogP contribution in [0.1, 0.15) is 54.4 Å². The second-order valence-electron chi connectivity index (χ2n) is 8.79. The number of allylic oxidation sites excluding steroid dienone is 3. The second-order valence-corrected chi connectivity index (χ2v) is 8.79. The summed E-state index contributed by atoms with van der Waals surface area (Å²) >= 11 is 0. The lowest BCUT2D eigenvalue weighted by Gasteiger charge is -2.33. The van der Waals surface area contributed by atoms with E-state index in [9.17, 15) is 14.7 Å². The number of aliphatic hydroxyl groups excluding tert-OH is 1. The standard InChI is InChI=1S/C22H34O5/c1-14(21(2,3)4)10-9-11-22(5,6)17-12-15(19(24)26-7)16(13-18(17)23)20(25)27-8/h10,12-13,15-16,23H,9,11H2,1-8H3/b14-10+. The molecule has 2 unspecified atom stereocenters. The molecule has 0 saturated heterocycles. The second kappa shape index (κ2) is 8.77. The molecule has 152 valence electrons. The fourth-order valence-corrected chi connectivity index (χ4v) is 3.10. The maximum atomic E-state index is 12.2. The molecule has 1 aliphatic rings. The van der Waals surface area contributed by atoms with Gasteiger partial charge in [0.25, 0.3) is 0 Å². The van der Waals surface area contributed by atoms with Crippen molar-refractivity contribution in [2.24, 2.45) is 22.7 Å². The Morgan fingerprint density at radius 3 is 1.96 bits per heavy atom. The van der Waals surface area contributed by atoms with Gasteiger partial charge in [-0.3, -0.25) is 9.59 Å². The van der Waals surface area contributed by atoms with Gasteiger partial charge in [-0.2, -0.15) is 0 Å². The van der Waals surface area contributed by atoms with E-state index in [2.05, 4.69) is 33.8 Å². The molecular formula is C22H34O5. The third kappa shape index (κ3) is 5.72. The largest absolute Gasteiger partial charge is 0.508 e. The lowest BCUT2D eigenvalue weighted by atomic mass is 9.72. The van der Waals surface area contributed by atoms with Crippen molar-refractivity contribution in [3.05, 3.63) is 35.1 Å². The zero-order valence-corrected chi connectivity index (χ0v) is 17.9. The van der Waals surface area contributed by atoms with E-state index in [0.29, 0.717) is 5.57 Å². The molecule has 2 atom stereocenters. The molecule has 5 nitrogen and oxygen atoms in total. The number of aliphatic hydroxyl groups is 1. The van der Waals surface area contributed by atoms with E-state index >= 15 is 0 Å². The van der Waals surface area contributed by atoms with Gasteiger partial charge in [0, 0.05) is 0 Å². The molecule has 1 aliphatic carbocycles. The van der Waals surface area contributed by atoms with Crippen molar-refractivity contribution >= 4 is 11.9 Å². The first-order valence-corrected chi connectivity index (χ1v) is 9.31. The van der Waals surface area contributed by atoms with E-state index in [4.69, 9.17) is 9.47 Å². The van der Waals surface area contributed by atoms with Gasteiger partial charge < -0.3 is 14.6 Å². The highest BCUT2D eigenvalue weighted by Crippen LogP contribution is 2.41. The maximum Gasteiger partial charge on any atom is 0.313 e. The Labute approximate surface area is 163 Å². The zero-order valence-electron chi connectivity index (χ0n) is 17.9. The predicted octanol–water partition coefficient (Wildman–Crippen LogP) is 4.75. The van der Waals surface area contributed by atoms with Gasteiger partial charge >= 0.3 is 11.9 Å². The van der Waals surface area contributed by atoms with E-state index in [-0.39, 0.29) is 16.6 Å². The summed E-state index contributed by atoms with van der Waals surface area (Å²) in [6.45, 7) is 12.7. The van der Waals surface area contributed by atoms with Crippen molar-refractivity contribution in [3.8, 4) is 0 Å². The number of carbonyl (C=O) groups excluding carboxylic acids is 2. The van der Waals surface area contributed by atoms with E-state index in [1.165, 1.54) is 25.9 Å². The first-order chi connectivity index (χ1) is 12.3. The van der Waals surface area contributed by atoms with Crippen molar-refractivity contribution in [1.82, 2.24) is 0 Å². The molecule has 0 aliphatic heterocycles. The third-order valence-electron chi connectivity index (χ3n) is 5.43. The Balaban J connectivity index is 3.11. The molecule has 0 spiro atoms. The summed E-state index contributed by atoms with van der Waals surface area (Å²) in [6.07, 6.45) is 6.93. The summed E-state index contributed by atoms with van der Waals surface area (Å²) in [5.41, 5.74) is 1.72. The van der Waals surface area contributed by atoms with Crippen LogP contribution in [0.25, 0.3) is 0 Å². The van der Waals surface area contributed by atoms with Crippen LogP contribution in [0.5, 0.6) is 0 Å². The Kier molecular flexibility index (Phi) is 7.47. The van der Waals surface area contributed by atoms with Crippen LogP contribution in [-0.2, 0) is 19.1 Å². The van der Waals surface area contributed by atoms with Crippen molar-refractivity contribution in [2.45, 2.75) is 54.4 Å². The van der Waals surface area contributed by atoms with Gasteiger partial charge in [-0.1, -0.05) is 52.3 Å². The molecule has 0 heterocycles. The predicted molar refractivity (Wildman–Crippen MR) is 106 cm³/mol. The number of rotatable bonds is 6. The van der Waals surface area contributed by atoms with Crippen molar-refractivity contribution in [1.29, 1.82) is 0 Å². The Hall–Kier alpha value is -2.04. The number of ether oxygens (including phenoxy) is 2. The molecule has 0 saturated carbocycles. The molecule has 1 rings (SSSR count). The summed E-state index contributed by atoms with van der Waals surface area (Å²) in [4.78, 5) is 24.2. The Bertz CT molecular complexity index is 659. The summed E-state index contributed by atoms with van der Waals surface area (Å²) in [6, 6.07) is 0. The van der Waals surface area contributed by atoms with Crippen molar-refractivity contribution < 1.29 is 24.2 Å². The van der Waals surface area contributed by atoms with Crippen LogP contribution in [0, 0.1) is 22.7 Å². The molecule has 0 amide bonds. The van der Waals surface area contributed by atoms with Gasteiger partial charge in [-0.05, 0) is 42.2 Å². The first kappa shape index (κ1) is 23.0. The highest BCUT2D eigenvalue weighted by Gasteiger charge is 2.39. The van der Waals surface area contributed by atoms with Crippen molar-refractivity contribution in [3.63, 3.8) is 0 Å². The van der Waals surface area contributed by atoms with Crippen LogP contribution in [0.15, 0.2) is 35.1 Å². The minimum absolute atomic E-state index is 0.0204. The Morgan fingerprint density at radius 1 is 1.04 bits per heavy atom. The summed E-state index contributed by atoms with van der Waals surface area (Å²) in [7, 11) is 2.54. The lowest BCUT2D eigenvalue weighted by Crippen LogP contribution is -2.34. The number of methoxy groups -OCH3 is 2. The minimum Gasteiger partial charge on any atom is -0.508 e. The van der Waals surface area contributed by atoms with Gasteiger partial charge in [0.15, 0.2) is 0 Å². The number of carbonyl (C=O) groups is 2. The highest BCUT2D eigenvalue weighted by atomic mass is 16.5. The molecular weight excluding hydrogens is 344 g/mol.